The highest BCUT2D eigenvalue weighted by Gasteiger charge is 2.17. The topological polar surface area (TPSA) is 49.3 Å². The predicted molar refractivity (Wildman–Crippen MR) is 75.0 cm³/mol. The minimum Gasteiger partial charge on any atom is -0.312 e. The molecular weight excluding hydrogens is 254 g/mol. The Hall–Kier alpha value is -0.230. The van der Waals surface area contributed by atoms with Crippen LogP contribution in [0.4, 0.5) is 0 Å². The molecule has 2 N–H and O–H groups in total. The lowest BCUT2D eigenvalue weighted by atomic mass is 10.1. The highest BCUT2D eigenvalue weighted by atomic mass is 32.2. The molecule has 0 aliphatic heterocycles. The quantitative estimate of drug-likeness (QED) is 0.785. The van der Waals surface area contributed by atoms with E-state index in [0.717, 1.165) is 13.0 Å². The highest BCUT2D eigenvalue weighted by molar-refractivity contribution is 7.79. The molecule has 0 fully saturated rings. The lowest BCUT2D eigenvalue weighted by Gasteiger charge is -2.22. The fourth-order valence-corrected chi connectivity index (χ4v) is 3.07. The zero-order valence-electron chi connectivity index (χ0n) is 10.6. The summed E-state index contributed by atoms with van der Waals surface area (Å²) >= 11 is -0.108. The minimum absolute atomic E-state index is 0.0600. The molecule has 2 atom stereocenters. The molecule has 0 aromatic carbocycles. The maximum absolute atomic E-state index is 11.3. The van der Waals surface area contributed by atoms with Crippen molar-refractivity contribution in [3.8, 4) is 0 Å². The molecule has 98 valence electrons. The van der Waals surface area contributed by atoms with Gasteiger partial charge in [-0.05, 0) is 51.6 Å². The van der Waals surface area contributed by atoms with E-state index in [1.54, 1.807) is 11.3 Å². The summed E-state index contributed by atoms with van der Waals surface area (Å²) in [6, 6.07) is 3.99. The number of nitrogens with one attached hydrogen (secondary N) is 1. The van der Waals surface area contributed by atoms with Gasteiger partial charge in [0.25, 0.3) is 0 Å². The van der Waals surface area contributed by atoms with E-state index in [4.69, 9.17) is 0 Å². The Balaban J connectivity index is 2.42. The van der Waals surface area contributed by atoms with Crippen molar-refractivity contribution in [2.75, 3.05) is 6.54 Å². The van der Waals surface area contributed by atoms with Crippen molar-refractivity contribution in [3.05, 3.63) is 22.4 Å². The number of rotatable bonds is 6. The van der Waals surface area contributed by atoms with Crippen LogP contribution in [0.25, 0.3) is 0 Å². The van der Waals surface area contributed by atoms with Gasteiger partial charge in [-0.2, -0.15) is 0 Å². The summed E-state index contributed by atoms with van der Waals surface area (Å²) in [5.41, 5.74) is 0.0600. The van der Waals surface area contributed by atoms with E-state index in [1.165, 1.54) is 4.88 Å². The number of thiophene rings is 1. The van der Waals surface area contributed by atoms with Crippen molar-refractivity contribution in [1.29, 1.82) is 0 Å². The van der Waals surface area contributed by atoms with Crippen LogP contribution in [0, 0.1) is 0 Å². The first-order valence-electron chi connectivity index (χ1n) is 5.75. The molecule has 1 rings (SSSR count). The maximum Gasteiger partial charge on any atom is 0.156 e. The zero-order chi connectivity index (χ0) is 12.9. The molecule has 0 bridgehead atoms. The van der Waals surface area contributed by atoms with Crippen LogP contribution in [0.1, 0.15) is 32.1 Å². The van der Waals surface area contributed by atoms with Gasteiger partial charge in [0.1, 0.15) is 0 Å². The van der Waals surface area contributed by atoms with E-state index in [-0.39, 0.29) is 10.8 Å². The van der Waals surface area contributed by atoms with Gasteiger partial charge in [0.15, 0.2) is 11.1 Å². The van der Waals surface area contributed by atoms with Crippen molar-refractivity contribution < 1.29 is 8.76 Å². The van der Waals surface area contributed by atoms with Crippen molar-refractivity contribution in [2.24, 2.45) is 0 Å². The summed E-state index contributed by atoms with van der Waals surface area (Å²) in [7, 11) is 0. The maximum atomic E-state index is 11.3. The predicted octanol–water partition coefficient (Wildman–Crippen LogP) is 2.66. The molecule has 1 aromatic heterocycles. The molecular formula is C12H21NO2S2. The lowest BCUT2D eigenvalue weighted by molar-refractivity contribution is 0.416. The SMILES string of the molecule is CC(C)(C)NCCC(Cc1cccs1)S(=O)O. The van der Waals surface area contributed by atoms with Gasteiger partial charge in [-0.1, -0.05) is 6.07 Å². The Bertz CT molecular complexity index is 344. The summed E-state index contributed by atoms with van der Waals surface area (Å²) < 4.78 is 20.6. The molecule has 3 nitrogen and oxygen atoms in total. The first-order valence-corrected chi connectivity index (χ1v) is 7.80. The molecule has 0 saturated carbocycles. The Morgan fingerprint density at radius 3 is 2.71 bits per heavy atom. The van der Waals surface area contributed by atoms with E-state index in [1.807, 2.05) is 17.5 Å². The fourth-order valence-electron chi connectivity index (χ4n) is 1.54. The van der Waals surface area contributed by atoms with Crippen LogP contribution >= 0.6 is 11.3 Å². The van der Waals surface area contributed by atoms with Gasteiger partial charge in [-0.25, -0.2) is 4.21 Å². The summed E-state index contributed by atoms with van der Waals surface area (Å²) in [6.45, 7) is 7.05. The molecule has 0 radical (unpaired) electrons. The summed E-state index contributed by atoms with van der Waals surface area (Å²) in [5, 5.41) is 5.17. The van der Waals surface area contributed by atoms with Gasteiger partial charge in [0.2, 0.25) is 0 Å². The van der Waals surface area contributed by atoms with E-state index in [0.29, 0.717) is 6.42 Å². The molecule has 0 aliphatic carbocycles. The second-order valence-corrected chi connectivity index (χ2v) is 7.40. The van der Waals surface area contributed by atoms with E-state index >= 15 is 0 Å². The largest absolute Gasteiger partial charge is 0.312 e. The molecule has 1 heterocycles. The monoisotopic (exact) mass is 275 g/mol. The average Bonchev–Trinajstić information content (AvgIpc) is 2.66. The van der Waals surface area contributed by atoms with Crippen LogP contribution in [0.2, 0.25) is 0 Å². The van der Waals surface area contributed by atoms with Gasteiger partial charge in [0, 0.05) is 10.4 Å². The van der Waals surface area contributed by atoms with Crippen molar-refractivity contribution in [3.63, 3.8) is 0 Å². The van der Waals surface area contributed by atoms with Gasteiger partial charge >= 0.3 is 0 Å². The zero-order valence-corrected chi connectivity index (χ0v) is 12.2. The van der Waals surface area contributed by atoms with Crippen molar-refractivity contribution >= 4 is 22.4 Å². The number of hydrogen-bond acceptors (Lipinski definition) is 3. The van der Waals surface area contributed by atoms with Crippen LogP contribution in [0.5, 0.6) is 0 Å². The first kappa shape index (κ1) is 14.8. The van der Waals surface area contributed by atoms with Crippen LogP contribution < -0.4 is 5.32 Å². The molecule has 0 spiro atoms. The first-order chi connectivity index (χ1) is 7.88. The Labute approximate surface area is 110 Å². The van der Waals surface area contributed by atoms with Crippen LogP contribution in [-0.2, 0) is 17.5 Å². The van der Waals surface area contributed by atoms with Crippen LogP contribution in [0.15, 0.2) is 17.5 Å². The Morgan fingerprint density at radius 2 is 2.24 bits per heavy atom. The minimum atomic E-state index is -1.75. The van der Waals surface area contributed by atoms with E-state index in [9.17, 15) is 8.76 Å². The van der Waals surface area contributed by atoms with Crippen molar-refractivity contribution in [2.45, 2.75) is 44.4 Å². The van der Waals surface area contributed by atoms with Gasteiger partial charge in [0.05, 0.1) is 5.25 Å². The van der Waals surface area contributed by atoms with Crippen LogP contribution in [0.3, 0.4) is 0 Å². The number of hydrogen-bond donors (Lipinski definition) is 2. The Morgan fingerprint density at radius 1 is 1.53 bits per heavy atom. The van der Waals surface area contributed by atoms with Gasteiger partial charge < -0.3 is 9.87 Å². The molecule has 17 heavy (non-hydrogen) atoms. The Kier molecular flexibility index (Phi) is 5.79. The normalized spacial score (nSPS) is 15.8. The highest BCUT2D eigenvalue weighted by Crippen LogP contribution is 2.15. The molecule has 0 amide bonds. The second kappa shape index (κ2) is 6.64. The fraction of sp³-hybridized carbons (Fsp3) is 0.667. The third-order valence-corrected chi connectivity index (χ3v) is 4.29. The molecule has 1 aromatic rings. The second-order valence-electron chi connectivity index (χ2n) is 5.15. The summed E-state index contributed by atoms with van der Waals surface area (Å²) in [6.07, 6.45) is 1.41. The molecule has 2 unspecified atom stereocenters. The molecule has 0 aliphatic rings. The standard InChI is InChI=1S/C12H21NO2S2/c1-12(2,3)13-7-6-11(17(14)15)9-10-5-4-8-16-10/h4-5,8,11,13H,6-7,9H2,1-3H3,(H,14,15). The molecule has 0 saturated heterocycles. The van der Waals surface area contributed by atoms with Gasteiger partial charge in [-0.15, -0.1) is 11.3 Å². The van der Waals surface area contributed by atoms with Crippen LogP contribution in [-0.4, -0.2) is 26.1 Å². The van der Waals surface area contributed by atoms with Crippen molar-refractivity contribution in [1.82, 2.24) is 5.32 Å². The molecule has 5 heteroatoms. The summed E-state index contributed by atoms with van der Waals surface area (Å²) in [4.78, 5) is 1.17. The van der Waals surface area contributed by atoms with Gasteiger partial charge in [-0.3, -0.25) is 0 Å². The smallest absolute Gasteiger partial charge is 0.156 e. The third kappa shape index (κ3) is 6.31. The third-order valence-electron chi connectivity index (χ3n) is 2.42. The lowest BCUT2D eigenvalue weighted by Crippen LogP contribution is -2.38. The summed E-state index contributed by atoms with van der Waals surface area (Å²) in [5.74, 6) is 0. The van der Waals surface area contributed by atoms with E-state index < -0.39 is 11.1 Å². The van der Waals surface area contributed by atoms with E-state index in [2.05, 4.69) is 26.1 Å². The average molecular weight is 275 g/mol.